The molecular weight excluding hydrogens is 277 g/mol. The summed E-state index contributed by atoms with van der Waals surface area (Å²) in [5.41, 5.74) is 7.75. The lowest BCUT2D eigenvalue weighted by molar-refractivity contribution is -0.00822. The van der Waals surface area contributed by atoms with Crippen LogP contribution in [0, 0.1) is 5.41 Å². The van der Waals surface area contributed by atoms with Crippen LogP contribution >= 0.6 is 23.2 Å². The van der Waals surface area contributed by atoms with Gasteiger partial charge in [0.25, 0.3) is 0 Å². The second kappa shape index (κ2) is 4.95. The molecular formula is C16H21Cl2N. The third kappa shape index (κ3) is 2.20. The molecule has 0 atom stereocenters. The highest BCUT2D eigenvalue weighted by atomic mass is 35.5. The Morgan fingerprint density at radius 3 is 2.11 bits per heavy atom. The van der Waals surface area contributed by atoms with E-state index in [0.29, 0.717) is 12.0 Å². The quantitative estimate of drug-likeness (QED) is 0.822. The minimum Gasteiger partial charge on any atom is -0.330 e. The van der Waals surface area contributed by atoms with E-state index in [4.69, 9.17) is 28.9 Å². The molecule has 0 unspecified atom stereocenters. The molecule has 1 aromatic carbocycles. The molecule has 2 aliphatic rings. The molecule has 1 spiro atoms. The molecule has 2 fully saturated rings. The van der Waals surface area contributed by atoms with Crippen molar-refractivity contribution in [3.63, 3.8) is 0 Å². The van der Waals surface area contributed by atoms with Gasteiger partial charge in [0.15, 0.2) is 0 Å². The van der Waals surface area contributed by atoms with Gasteiger partial charge < -0.3 is 5.73 Å². The highest BCUT2D eigenvalue weighted by Crippen LogP contribution is 2.63. The zero-order valence-electron chi connectivity index (χ0n) is 11.2. The number of halogens is 2. The van der Waals surface area contributed by atoms with Crippen molar-refractivity contribution in [2.45, 2.75) is 50.4 Å². The van der Waals surface area contributed by atoms with Gasteiger partial charge in [-0.05, 0) is 48.8 Å². The molecule has 0 saturated heterocycles. The van der Waals surface area contributed by atoms with Gasteiger partial charge in [-0.2, -0.15) is 0 Å². The van der Waals surface area contributed by atoms with Crippen molar-refractivity contribution < 1.29 is 0 Å². The lowest BCUT2D eigenvalue weighted by Gasteiger charge is -2.58. The van der Waals surface area contributed by atoms with Crippen molar-refractivity contribution in [2.24, 2.45) is 11.1 Å². The van der Waals surface area contributed by atoms with E-state index in [1.165, 1.54) is 44.9 Å². The monoisotopic (exact) mass is 297 g/mol. The van der Waals surface area contributed by atoms with Crippen LogP contribution < -0.4 is 5.73 Å². The van der Waals surface area contributed by atoms with E-state index in [1.807, 2.05) is 18.2 Å². The molecule has 19 heavy (non-hydrogen) atoms. The van der Waals surface area contributed by atoms with Crippen molar-refractivity contribution in [3.05, 3.63) is 33.8 Å². The smallest absolute Gasteiger partial charge is 0.0459 e. The minimum absolute atomic E-state index is 0.0206. The van der Waals surface area contributed by atoms with Crippen LogP contribution in [-0.2, 0) is 5.41 Å². The van der Waals surface area contributed by atoms with Crippen LogP contribution in [0.2, 0.25) is 10.0 Å². The Balaban J connectivity index is 1.90. The molecule has 3 heteroatoms. The fourth-order valence-electron chi connectivity index (χ4n) is 4.47. The molecule has 0 amide bonds. The van der Waals surface area contributed by atoms with Gasteiger partial charge in [0.1, 0.15) is 0 Å². The van der Waals surface area contributed by atoms with E-state index in [0.717, 1.165) is 15.6 Å². The van der Waals surface area contributed by atoms with Gasteiger partial charge in [0.05, 0.1) is 0 Å². The van der Waals surface area contributed by atoms with Gasteiger partial charge in [0.2, 0.25) is 0 Å². The Labute approximate surface area is 125 Å². The van der Waals surface area contributed by atoms with E-state index in [-0.39, 0.29) is 5.41 Å². The third-order valence-electron chi connectivity index (χ3n) is 5.22. The van der Waals surface area contributed by atoms with Gasteiger partial charge in [0, 0.05) is 22.0 Å². The van der Waals surface area contributed by atoms with Crippen LogP contribution in [0.25, 0.3) is 0 Å². The van der Waals surface area contributed by atoms with Gasteiger partial charge in [-0.3, -0.25) is 0 Å². The standard InChI is InChI=1S/C16H21Cl2N/c17-12-5-4-6-13(18)14(12)16(11-19)9-15(10-16)7-2-1-3-8-15/h4-6H,1-3,7-11,19H2. The lowest BCUT2D eigenvalue weighted by Crippen LogP contribution is -2.54. The minimum atomic E-state index is 0.0206. The van der Waals surface area contributed by atoms with Gasteiger partial charge in [-0.1, -0.05) is 48.5 Å². The Kier molecular flexibility index (Phi) is 3.57. The lowest BCUT2D eigenvalue weighted by atomic mass is 9.46. The molecule has 0 aromatic heterocycles. The van der Waals surface area contributed by atoms with Crippen molar-refractivity contribution in [1.29, 1.82) is 0 Å². The van der Waals surface area contributed by atoms with Crippen LogP contribution in [0.1, 0.15) is 50.5 Å². The Morgan fingerprint density at radius 2 is 1.58 bits per heavy atom. The number of hydrogen-bond donors (Lipinski definition) is 1. The van der Waals surface area contributed by atoms with Crippen molar-refractivity contribution in [2.75, 3.05) is 6.54 Å². The average Bonchev–Trinajstić information content (AvgIpc) is 2.37. The highest BCUT2D eigenvalue weighted by molar-refractivity contribution is 6.36. The molecule has 2 N–H and O–H groups in total. The van der Waals surface area contributed by atoms with E-state index in [9.17, 15) is 0 Å². The van der Waals surface area contributed by atoms with E-state index < -0.39 is 0 Å². The number of benzene rings is 1. The predicted octanol–water partition coefficient (Wildman–Crippen LogP) is 4.93. The maximum absolute atomic E-state index is 6.39. The van der Waals surface area contributed by atoms with E-state index in [1.54, 1.807) is 0 Å². The molecule has 0 bridgehead atoms. The maximum atomic E-state index is 6.39. The first-order valence-corrected chi connectivity index (χ1v) is 8.01. The molecule has 104 valence electrons. The Morgan fingerprint density at radius 1 is 1.00 bits per heavy atom. The van der Waals surface area contributed by atoms with E-state index in [2.05, 4.69) is 0 Å². The fourth-order valence-corrected chi connectivity index (χ4v) is 5.27. The molecule has 0 heterocycles. The summed E-state index contributed by atoms with van der Waals surface area (Å²) in [5, 5.41) is 1.56. The van der Waals surface area contributed by atoms with Crippen molar-refractivity contribution >= 4 is 23.2 Å². The van der Waals surface area contributed by atoms with Crippen LogP contribution in [0.3, 0.4) is 0 Å². The molecule has 2 saturated carbocycles. The van der Waals surface area contributed by atoms with Crippen LogP contribution in [0.5, 0.6) is 0 Å². The Bertz CT molecular complexity index is 449. The van der Waals surface area contributed by atoms with Crippen molar-refractivity contribution in [1.82, 2.24) is 0 Å². The summed E-state index contributed by atoms with van der Waals surface area (Å²) in [6, 6.07) is 5.78. The summed E-state index contributed by atoms with van der Waals surface area (Å²) in [6.07, 6.45) is 9.19. The molecule has 0 radical (unpaired) electrons. The summed E-state index contributed by atoms with van der Waals surface area (Å²) >= 11 is 12.8. The van der Waals surface area contributed by atoms with Crippen molar-refractivity contribution in [3.8, 4) is 0 Å². The third-order valence-corrected chi connectivity index (χ3v) is 5.85. The summed E-state index contributed by atoms with van der Waals surface area (Å²) in [4.78, 5) is 0. The number of hydrogen-bond acceptors (Lipinski definition) is 1. The number of nitrogens with two attached hydrogens (primary N) is 1. The first kappa shape index (κ1) is 13.7. The highest BCUT2D eigenvalue weighted by Gasteiger charge is 2.55. The largest absolute Gasteiger partial charge is 0.330 e. The molecule has 2 aliphatic carbocycles. The van der Waals surface area contributed by atoms with Gasteiger partial charge in [-0.15, -0.1) is 0 Å². The second-order valence-electron chi connectivity index (χ2n) is 6.50. The summed E-state index contributed by atoms with van der Waals surface area (Å²) in [7, 11) is 0. The molecule has 1 nitrogen and oxygen atoms in total. The maximum Gasteiger partial charge on any atom is 0.0459 e. The molecule has 3 rings (SSSR count). The van der Waals surface area contributed by atoms with Gasteiger partial charge in [-0.25, -0.2) is 0 Å². The Hall–Kier alpha value is -0.240. The summed E-state index contributed by atoms with van der Waals surface area (Å²) < 4.78 is 0. The summed E-state index contributed by atoms with van der Waals surface area (Å²) in [6.45, 7) is 0.651. The van der Waals surface area contributed by atoms with Crippen LogP contribution in [-0.4, -0.2) is 6.54 Å². The fraction of sp³-hybridized carbons (Fsp3) is 0.625. The topological polar surface area (TPSA) is 26.0 Å². The van der Waals surface area contributed by atoms with E-state index >= 15 is 0 Å². The zero-order chi connectivity index (χ0) is 13.5. The normalized spacial score (nSPS) is 24.2. The zero-order valence-corrected chi connectivity index (χ0v) is 12.7. The first-order chi connectivity index (χ1) is 9.11. The SMILES string of the molecule is NCC1(c2c(Cl)cccc2Cl)CC2(CCCCC2)C1. The molecule has 0 aliphatic heterocycles. The average molecular weight is 298 g/mol. The number of rotatable bonds is 2. The predicted molar refractivity (Wildman–Crippen MR) is 81.9 cm³/mol. The molecule has 1 aromatic rings. The van der Waals surface area contributed by atoms with Crippen LogP contribution in [0.15, 0.2) is 18.2 Å². The van der Waals surface area contributed by atoms with Gasteiger partial charge >= 0.3 is 0 Å². The van der Waals surface area contributed by atoms with Crippen LogP contribution in [0.4, 0.5) is 0 Å². The first-order valence-electron chi connectivity index (χ1n) is 7.26. The second-order valence-corrected chi connectivity index (χ2v) is 7.31. The summed E-state index contributed by atoms with van der Waals surface area (Å²) in [5.74, 6) is 0.